The van der Waals surface area contributed by atoms with Gasteiger partial charge in [-0.2, -0.15) is 0 Å². The first-order valence-corrected chi connectivity index (χ1v) is 8.83. The van der Waals surface area contributed by atoms with Gasteiger partial charge in [0.2, 0.25) is 0 Å². The van der Waals surface area contributed by atoms with Gasteiger partial charge in [-0.05, 0) is 23.0 Å². The van der Waals surface area contributed by atoms with Crippen LogP contribution in [0.25, 0.3) is 11.3 Å². The minimum absolute atomic E-state index is 0.00588. The van der Waals surface area contributed by atoms with E-state index in [4.69, 9.17) is 10.5 Å². The number of hydrogen-bond donors (Lipinski definition) is 1. The van der Waals surface area contributed by atoms with E-state index in [-0.39, 0.29) is 10.8 Å². The van der Waals surface area contributed by atoms with E-state index >= 15 is 0 Å². The summed E-state index contributed by atoms with van der Waals surface area (Å²) in [7, 11) is 1.76. The number of benzene rings is 1. The molecule has 0 aliphatic heterocycles. The predicted molar refractivity (Wildman–Crippen MR) is 99.4 cm³/mol. The highest BCUT2D eigenvalue weighted by atomic mass is 32.1. The molecule has 2 rings (SSSR count). The number of aromatic nitrogens is 1. The van der Waals surface area contributed by atoms with Crippen LogP contribution in [0.3, 0.4) is 0 Å². The number of hydrogen-bond acceptors (Lipinski definition) is 4. The van der Waals surface area contributed by atoms with E-state index in [2.05, 4.69) is 64.0 Å². The first kappa shape index (κ1) is 18.0. The Morgan fingerprint density at radius 3 is 1.91 bits per heavy atom. The van der Waals surface area contributed by atoms with E-state index in [0.717, 1.165) is 22.0 Å². The van der Waals surface area contributed by atoms with E-state index in [9.17, 15) is 0 Å². The van der Waals surface area contributed by atoms with Gasteiger partial charge in [0.1, 0.15) is 10.8 Å². The van der Waals surface area contributed by atoms with Crippen molar-refractivity contribution in [2.75, 3.05) is 7.11 Å². The minimum atomic E-state index is -0.00588. The second kappa shape index (κ2) is 6.25. The first-order chi connectivity index (χ1) is 10.6. The van der Waals surface area contributed by atoms with Crippen LogP contribution in [0.4, 0.5) is 0 Å². The molecule has 1 heterocycles. The van der Waals surface area contributed by atoms with Gasteiger partial charge in [0.05, 0.1) is 12.8 Å². The van der Waals surface area contributed by atoms with Gasteiger partial charge in [0, 0.05) is 28.6 Å². The number of rotatable bonds is 3. The molecule has 0 radical (unpaired) electrons. The molecule has 1 aromatic carbocycles. The standard InChI is InChI=1S/C19H28N2OS/c1-18(2,3)13-8-12(15-11-23-16(10-20)21-15)9-14(17(13)22-7)19(4,5)6/h8-9,11H,10,20H2,1-7H3. The molecule has 1 aromatic heterocycles. The molecule has 0 atom stereocenters. The maximum atomic E-state index is 5.81. The second-order valence-electron chi connectivity index (χ2n) is 7.94. The summed E-state index contributed by atoms with van der Waals surface area (Å²) in [6, 6.07) is 4.42. The van der Waals surface area contributed by atoms with Crippen LogP contribution in [0.5, 0.6) is 5.75 Å². The molecule has 0 aliphatic carbocycles. The van der Waals surface area contributed by atoms with Gasteiger partial charge < -0.3 is 10.5 Å². The van der Waals surface area contributed by atoms with Crippen LogP contribution in [-0.2, 0) is 17.4 Å². The highest BCUT2D eigenvalue weighted by molar-refractivity contribution is 7.09. The molecule has 0 aliphatic rings. The van der Waals surface area contributed by atoms with Crippen LogP contribution < -0.4 is 10.5 Å². The summed E-state index contributed by atoms with van der Waals surface area (Å²) in [6.07, 6.45) is 0. The van der Waals surface area contributed by atoms with Gasteiger partial charge >= 0.3 is 0 Å². The van der Waals surface area contributed by atoms with Crippen LogP contribution in [0.2, 0.25) is 0 Å². The van der Waals surface area contributed by atoms with Crippen molar-refractivity contribution in [2.45, 2.75) is 58.9 Å². The van der Waals surface area contributed by atoms with Crippen molar-refractivity contribution in [3.05, 3.63) is 33.6 Å². The van der Waals surface area contributed by atoms with Crippen LogP contribution >= 0.6 is 11.3 Å². The first-order valence-electron chi connectivity index (χ1n) is 7.95. The van der Waals surface area contributed by atoms with E-state index in [1.807, 2.05) is 0 Å². The van der Waals surface area contributed by atoms with E-state index in [0.29, 0.717) is 6.54 Å². The predicted octanol–water partition coefficient (Wildman–Crippen LogP) is 4.87. The van der Waals surface area contributed by atoms with Gasteiger partial charge in [-0.25, -0.2) is 4.98 Å². The average molecular weight is 333 g/mol. The Morgan fingerprint density at radius 2 is 1.57 bits per heavy atom. The number of nitrogens with zero attached hydrogens (tertiary/aromatic N) is 1. The summed E-state index contributed by atoms with van der Waals surface area (Å²) in [4.78, 5) is 4.65. The lowest BCUT2D eigenvalue weighted by molar-refractivity contribution is 0.381. The zero-order valence-electron chi connectivity index (χ0n) is 15.3. The van der Waals surface area contributed by atoms with Gasteiger partial charge in [0.25, 0.3) is 0 Å². The van der Waals surface area contributed by atoms with Crippen LogP contribution in [0, 0.1) is 0 Å². The number of methoxy groups -OCH3 is 1. The van der Waals surface area contributed by atoms with Crippen molar-refractivity contribution in [1.82, 2.24) is 4.98 Å². The fraction of sp³-hybridized carbons (Fsp3) is 0.526. The van der Waals surface area contributed by atoms with E-state index < -0.39 is 0 Å². The molecule has 23 heavy (non-hydrogen) atoms. The molecule has 3 nitrogen and oxygen atoms in total. The Hall–Kier alpha value is -1.39. The van der Waals surface area contributed by atoms with Crippen molar-refractivity contribution in [2.24, 2.45) is 5.73 Å². The van der Waals surface area contributed by atoms with Gasteiger partial charge in [0.15, 0.2) is 0 Å². The summed E-state index contributed by atoms with van der Waals surface area (Å²) in [5, 5.41) is 3.05. The molecule has 4 heteroatoms. The van der Waals surface area contributed by atoms with Crippen LogP contribution in [0.1, 0.15) is 57.7 Å². The third-order valence-corrected chi connectivity index (χ3v) is 4.80. The topological polar surface area (TPSA) is 48.1 Å². The highest BCUT2D eigenvalue weighted by Gasteiger charge is 2.28. The molecular weight excluding hydrogens is 304 g/mol. The van der Waals surface area contributed by atoms with Crippen molar-refractivity contribution < 1.29 is 4.74 Å². The lowest BCUT2D eigenvalue weighted by atomic mass is 9.78. The van der Waals surface area contributed by atoms with Gasteiger partial charge in [-0.1, -0.05) is 41.5 Å². The molecule has 2 aromatic rings. The van der Waals surface area contributed by atoms with E-state index in [1.54, 1.807) is 18.4 Å². The molecule has 0 spiro atoms. The minimum Gasteiger partial charge on any atom is -0.496 e. The molecule has 0 saturated carbocycles. The Labute approximate surface area is 143 Å². The summed E-state index contributed by atoms with van der Waals surface area (Å²) in [5.41, 5.74) is 10.3. The lowest BCUT2D eigenvalue weighted by Crippen LogP contribution is -2.19. The highest BCUT2D eigenvalue weighted by Crippen LogP contribution is 2.42. The largest absolute Gasteiger partial charge is 0.496 e. The zero-order chi connectivity index (χ0) is 17.4. The number of nitrogens with two attached hydrogens (primary N) is 1. The summed E-state index contributed by atoms with van der Waals surface area (Å²) >= 11 is 1.61. The fourth-order valence-electron chi connectivity index (χ4n) is 2.65. The van der Waals surface area contributed by atoms with Gasteiger partial charge in [-0.15, -0.1) is 11.3 Å². The zero-order valence-corrected chi connectivity index (χ0v) is 16.1. The molecule has 0 saturated heterocycles. The molecule has 126 valence electrons. The molecule has 0 bridgehead atoms. The molecule has 0 unspecified atom stereocenters. The summed E-state index contributed by atoms with van der Waals surface area (Å²) in [6.45, 7) is 13.8. The molecule has 2 N–H and O–H groups in total. The molecule has 0 fully saturated rings. The Balaban J connectivity index is 2.74. The number of thiazole rings is 1. The smallest absolute Gasteiger partial charge is 0.126 e. The monoisotopic (exact) mass is 332 g/mol. The molecular formula is C19H28N2OS. The lowest BCUT2D eigenvalue weighted by Gasteiger charge is -2.29. The fourth-order valence-corrected chi connectivity index (χ4v) is 3.33. The van der Waals surface area contributed by atoms with E-state index in [1.165, 1.54) is 11.1 Å². The van der Waals surface area contributed by atoms with Crippen molar-refractivity contribution in [3.8, 4) is 17.0 Å². The summed E-state index contributed by atoms with van der Waals surface area (Å²) < 4.78 is 5.81. The number of ether oxygens (including phenoxy) is 1. The third-order valence-electron chi connectivity index (χ3n) is 3.93. The van der Waals surface area contributed by atoms with Crippen molar-refractivity contribution >= 4 is 11.3 Å². The SMILES string of the molecule is COc1c(C(C)(C)C)cc(-c2csc(CN)n2)cc1C(C)(C)C. The second-order valence-corrected chi connectivity index (χ2v) is 8.88. The third kappa shape index (κ3) is 3.75. The quantitative estimate of drug-likeness (QED) is 0.872. The molecule has 0 amide bonds. The average Bonchev–Trinajstić information content (AvgIpc) is 2.92. The normalized spacial score (nSPS) is 12.5. The maximum absolute atomic E-state index is 5.81. The Bertz CT molecular complexity index is 655. The van der Waals surface area contributed by atoms with Crippen molar-refractivity contribution in [3.63, 3.8) is 0 Å². The Kier molecular flexibility index (Phi) is 4.88. The maximum Gasteiger partial charge on any atom is 0.126 e. The summed E-state index contributed by atoms with van der Waals surface area (Å²) in [5.74, 6) is 0.989. The Morgan fingerprint density at radius 1 is 1.04 bits per heavy atom. The van der Waals surface area contributed by atoms with Gasteiger partial charge in [-0.3, -0.25) is 0 Å². The van der Waals surface area contributed by atoms with Crippen LogP contribution in [-0.4, -0.2) is 12.1 Å². The van der Waals surface area contributed by atoms with Crippen LogP contribution in [0.15, 0.2) is 17.5 Å². The van der Waals surface area contributed by atoms with Crippen molar-refractivity contribution in [1.29, 1.82) is 0 Å².